The van der Waals surface area contributed by atoms with E-state index >= 15 is 0 Å². The van der Waals surface area contributed by atoms with Crippen molar-refractivity contribution < 1.29 is 10.2 Å². The molecule has 1 aromatic rings. The van der Waals surface area contributed by atoms with E-state index in [0.29, 0.717) is 27.2 Å². The van der Waals surface area contributed by atoms with Gasteiger partial charge in [-0.25, -0.2) is 0 Å². The number of benzene rings is 1. The molecule has 1 unspecified atom stereocenters. The van der Waals surface area contributed by atoms with Crippen LogP contribution >= 0.6 is 34.8 Å². The molecule has 0 amide bonds. The van der Waals surface area contributed by atoms with Crippen molar-refractivity contribution >= 4 is 34.8 Å². The number of hydrogen-bond donors (Lipinski definition) is 3. The molecule has 0 aliphatic carbocycles. The lowest BCUT2D eigenvalue weighted by molar-refractivity contribution is 0.0942. The maximum absolute atomic E-state index is 9.12. The highest BCUT2D eigenvalue weighted by atomic mass is 35.5. The van der Waals surface area contributed by atoms with Crippen molar-refractivity contribution in [2.24, 2.45) is 0 Å². The molecule has 0 radical (unpaired) electrons. The summed E-state index contributed by atoms with van der Waals surface area (Å²) in [6.45, 7) is 0.356. The van der Waals surface area contributed by atoms with Gasteiger partial charge in [0.2, 0.25) is 0 Å². The van der Waals surface area contributed by atoms with Crippen LogP contribution in [-0.4, -0.2) is 29.5 Å². The fourth-order valence-corrected chi connectivity index (χ4v) is 1.84. The van der Waals surface area contributed by atoms with Crippen LogP contribution in [0.5, 0.6) is 0 Å². The Morgan fingerprint density at radius 2 is 1.81 bits per heavy atom. The van der Waals surface area contributed by atoms with Gasteiger partial charge in [0.1, 0.15) is 0 Å². The number of rotatable bonds is 5. The van der Waals surface area contributed by atoms with E-state index in [9.17, 15) is 0 Å². The topological polar surface area (TPSA) is 52.5 Å². The van der Waals surface area contributed by atoms with Crippen molar-refractivity contribution in [1.82, 2.24) is 5.32 Å². The molecule has 16 heavy (non-hydrogen) atoms. The van der Waals surface area contributed by atoms with Gasteiger partial charge in [-0.3, -0.25) is 0 Å². The first-order valence-electron chi connectivity index (χ1n) is 4.68. The van der Waals surface area contributed by atoms with Crippen LogP contribution in [0, 0.1) is 0 Å². The van der Waals surface area contributed by atoms with Crippen molar-refractivity contribution in [3.05, 3.63) is 32.8 Å². The molecule has 0 saturated heterocycles. The number of halogens is 3. The molecule has 1 aromatic carbocycles. The Bertz CT molecular complexity index is 360. The van der Waals surface area contributed by atoms with Crippen LogP contribution in [0.2, 0.25) is 15.1 Å². The van der Waals surface area contributed by atoms with Crippen molar-refractivity contribution in [1.29, 1.82) is 0 Å². The van der Waals surface area contributed by atoms with Gasteiger partial charge in [-0.05, 0) is 12.1 Å². The maximum atomic E-state index is 9.12. The Kier molecular flexibility index (Phi) is 5.83. The van der Waals surface area contributed by atoms with Crippen molar-refractivity contribution in [2.75, 3.05) is 13.2 Å². The first kappa shape index (κ1) is 14.0. The lowest BCUT2D eigenvalue weighted by Gasteiger charge is -2.11. The maximum Gasteiger partial charge on any atom is 0.0895 e. The average molecular weight is 285 g/mol. The quantitative estimate of drug-likeness (QED) is 0.726. The van der Waals surface area contributed by atoms with E-state index in [-0.39, 0.29) is 13.2 Å². The summed E-state index contributed by atoms with van der Waals surface area (Å²) in [5, 5.41) is 22.0. The molecule has 1 atom stereocenters. The highest BCUT2D eigenvalue weighted by Gasteiger charge is 2.09. The number of hydrogen-bond acceptors (Lipinski definition) is 3. The second-order valence-corrected chi connectivity index (χ2v) is 4.48. The van der Waals surface area contributed by atoms with E-state index in [1.807, 2.05) is 0 Å². The summed E-state index contributed by atoms with van der Waals surface area (Å²) >= 11 is 17.8. The molecule has 6 heteroatoms. The Hall–Kier alpha value is -0.0300. The second kappa shape index (κ2) is 6.64. The summed E-state index contributed by atoms with van der Waals surface area (Å²) in [5.41, 5.74) is 0.681. The van der Waals surface area contributed by atoms with Crippen molar-refractivity contribution in [3.8, 4) is 0 Å². The van der Waals surface area contributed by atoms with Gasteiger partial charge < -0.3 is 15.5 Å². The molecular formula is C10H12Cl3NO2. The fraction of sp³-hybridized carbons (Fsp3) is 0.400. The van der Waals surface area contributed by atoms with E-state index < -0.39 is 6.10 Å². The van der Waals surface area contributed by atoms with Crippen molar-refractivity contribution in [3.63, 3.8) is 0 Å². The zero-order chi connectivity index (χ0) is 12.1. The number of aliphatic hydroxyl groups excluding tert-OH is 2. The van der Waals surface area contributed by atoms with Gasteiger partial charge >= 0.3 is 0 Å². The molecule has 0 bridgehead atoms. The summed E-state index contributed by atoms with van der Waals surface area (Å²) < 4.78 is 0. The molecule has 0 aliphatic rings. The predicted octanol–water partition coefficient (Wildman–Crippen LogP) is 2.09. The van der Waals surface area contributed by atoms with Crippen LogP contribution in [0.25, 0.3) is 0 Å². The lowest BCUT2D eigenvalue weighted by atomic mass is 10.2. The molecule has 0 saturated carbocycles. The van der Waals surface area contributed by atoms with Gasteiger partial charge in [-0.1, -0.05) is 34.8 Å². The summed E-state index contributed by atoms with van der Waals surface area (Å²) in [7, 11) is 0. The van der Waals surface area contributed by atoms with E-state index in [1.54, 1.807) is 12.1 Å². The average Bonchev–Trinajstić information content (AvgIpc) is 2.28. The minimum absolute atomic E-state index is 0.260. The van der Waals surface area contributed by atoms with E-state index in [2.05, 4.69) is 5.32 Å². The smallest absolute Gasteiger partial charge is 0.0895 e. The lowest BCUT2D eigenvalue weighted by Crippen LogP contribution is -2.29. The van der Waals surface area contributed by atoms with Crippen LogP contribution < -0.4 is 5.32 Å². The molecule has 3 nitrogen and oxygen atoms in total. The molecule has 0 spiro atoms. The van der Waals surface area contributed by atoms with Gasteiger partial charge in [0.05, 0.1) is 22.8 Å². The van der Waals surface area contributed by atoms with Gasteiger partial charge in [-0.2, -0.15) is 0 Å². The van der Waals surface area contributed by atoms with E-state index in [1.165, 1.54) is 0 Å². The highest BCUT2D eigenvalue weighted by Crippen LogP contribution is 2.31. The van der Waals surface area contributed by atoms with Gasteiger partial charge in [0.25, 0.3) is 0 Å². The third-order valence-electron chi connectivity index (χ3n) is 2.03. The molecule has 0 aromatic heterocycles. The molecule has 90 valence electrons. The second-order valence-electron chi connectivity index (χ2n) is 3.29. The van der Waals surface area contributed by atoms with Crippen LogP contribution in [-0.2, 0) is 6.54 Å². The predicted molar refractivity (Wildman–Crippen MR) is 66.3 cm³/mol. The van der Waals surface area contributed by atoms with Gasteiger partial charge in [0, 0.05) is 23.7 Å². The molecule has 0 fully saturated rings. The SMILES string of the molecule is OCC(O)CNCc1c(Cl)ccc(Cl)c1Cl. The zero-order valence-electron chi connectivity index (χ0n) is 8.38. The summed E-state index contributed by atoms with van der Waals surface area (Å²) in [5.74, 6) is 0. The Labute approximate surface area is 109 Å². The highest BCUT2D eigenvalue weighted by molar-refractivity contribution is 6.44. The Morgan fingerprint density at radius 1 is 1.19 bits per heavy atom. The normalized spacial score (nSPS) is 12.8. The van der Waals surface area contributed by atoms with Crippen LogP contribution in [0.15, 0.2) is 12.1 Å². The molecule has 0 aliphatic heterocycles. The van der Waals surface area contributed by atoms with Crippen LogP contribution in [0.3, 0.4) is 0 Å². The molecule has 1 rings (SSSR count). The molecule has 3 N–H and O–H groups in total. The zero-order valence-corrected chi connectivity index (χ0v) is 10.6. The van der Waals surface area contributed by atoms with Gasteiger partial charge in [0.15, 0.2) is 0 Å². The van der Waals surface area contributed by atoms with Crippen molar-refractivity contribution in [2.45, 2.75) is 12.6 Å². The molecule has 0 heterocycles. The third kappa shape index (κ3) is 3.77. The van der Waals surface area contributed by atoms with Crippen LogP contribution in [0.4, 0.5) is 0 Å². The Balaban J connectivity index is 2.63. The first-order chi connectivity index (χ1) is 7.56. The standard InChI is InChI=1S/C10H12Cl3NO2/c11-8-1-2-9(12)10(13)7(8)4-14-3-6(16)5-15/h1-2,6,14-16H,3-5H2. The summed E-state index contributed by atoms with van der Waals surface area (Å²) in [4.78, 5) is 0. The van der Waals surface area contributed by atoms with Gasteiger partial charge in [-0.15, -0.1) is 0 Å². The minimum Gasteiger partial charge on any atom is -0.394 e. The Morgan fingerprint density at radius 3 is 2.44 bits per heavy atom. The van der Waals surface area contributed by atoms with E-state index in [4.69, 9.17) is 45.0 Å². The van der Waals surface area contributed by atoms with E-state index in [0.717, 1.165) is 0 Å². The number of aliphatic hydroxyl groups is 2. The summed E-state index contributed by atoms with van der Waals surface area (Å²) in [6, 6.07) is 3.29. The van der Waals surface area contributed by atoms with Crippen LogP contribution in [0.1, 0.15) is 5.56 Å². The minimum atomic E-state index is -0.795. The molecular weight excluding hydrogens is 272 g/mol. The number of nitrogens with one attached hydrogen (secondary N) is 1. The fourth-order valence-electron chi connectivity index (χ4n) is 1.16. The summed E-state index contributed by atoms with van der Waals surface area (Å²) in [6.07, 6.45) is -0.795. The third-order valence-corrected chi connectivity index (χ3v) is 3.23. The monoisotopic (exact) mass is 283 g/mol. The first-order valence-corrected chi connectivity index (χ1v) is 5.81. The largest absolute Gasteiger partial charge is 0.394 e.